The van der Waals surface area contributed by atoms with Crippen LogP contribution in [0.1, 0.15) is 40.7 Å². The standard InChI is InChI=1S/C24H26N4O3/c1-27-12-10-21(26-27)18-7-5-17(6-8-18)14-28-15-19-9-11-25-23(22(19)24(28)29)31-16-20-4-2-3-13-30-20/h5-12,20H,2-4,13-16H2,1H3. The molecule has 1 amide bonds. The van der Waals surface area contributed by atoms with E-state index in [9.17, 15) is 4.79 Å². The Labute approximate surface area is 181 Å². The van der Waals surface area contributed by atoms with E-state index in [0.717, 1.165) is 48.3 Å². The molecule has 31 heavy (non-hydrogen) atoms. The fraction of sp³-hybridized carbons (Fsp3) is 0.375. The van der Waals surface area contributed by atoms with Gasteiger partial charge in [0.2, 0.25) is 5.88 Å². The molecule has 1 unspecified atom stereocenters. The lowest BCUT2D eigenvalue weighted by Crippen LogP contribution is -2.27. The third-order valence-corrected chi connectivity index (χ3v) is 5.88. The molecule has 0 bridgehead atoms. The zero-order valence-corrected chi connectivity index (χ0v) is 17.7. The Morgan fingerprint density at radius 3 is 2.77 bits per heavy atom. The highest BCUT2D eigenvalue weighted by atomic mass is 16.5. The number of carbonyl (C=O) groups excluding carboxylic acids is 1. The minimum absolute atomic E-state index is 0.0311. The number of aromatic nitrogens is 3. The van der Waals surface area contributed by atoms with Gasteiger partial charge in [0.1, 0.15) is 12.2 Å². The predicted molar refractivity (Wildman–Crippen MR) is 116 cm³/mol. The molecule has 1 fully saturated rings. The summed E-state index contributed by atoms with van der Waals surface area (Å²) in [6.45, 7) is 2.32. The van der Waals surface area contributed by atoms with E-state index in [1.807, 2.05) is 42.4 Å². The van der Waals surface area contributed by atoms with Gasteiger partial charge >= 0.3 is 0 Å². The summed E-state index contributed by atoms with van der Waals surface area (Å²) in [5.74, 6) is 0.390. The predicted octanol–water partition coefficient (Wildman–Crippen LogP) is 3.59. The number of carbonyl (C=O) groups is 1. The number of hydrogen-bond donors (Lipinski definition) is 0. The van der Waals surface area contributed by atoms with E-state index in [2.05, 4.69) is 22.2 Å². The molecule has 1 aromatic carbocycles. The molecule has 0 saturated carbocycles. The minimum atomic E-state index is -0.0311. The summed E-state index contributed by atoms with van der Waals surface area (Å²) >= 11 is 0. The van der Waals surface area contributed by atoms with Crippen molar-refractivity contribution in [3.63, 3.8) is 0 Å². The largest absolute Gasteiger partial charge is 0.474 e. The second-order valence-corrected chi connectivity index (χ2v) is 8.18. The average molecular weight is 418 g/mol. The molecule has 0 aliphatic carbocycles. The third kappa shape index (κ3) is 4.18. The molecule has 0 radical (unpaired) electrons. The maximum Gasteiger partial charge on any atom is 0.260 e. The molecule has 2 aliphatic rings. The fourth-order valence-electron chi connectivity index (χ4n) is 4.19. The lowest BCUT2D eigenvalue weighted by molar-refractivity contribution is -0.0121. The number of benzene rings is 1. The van der Waals surface area contributed by atoms with Gasteiger partial charge in [-0.3, -0.25) is 9.48 Å². The van der Waals surface area contributed by atoms with E-state index in [1.54, 1.807) is 10.9 Å². The second-order valence-electron chi connectivity index (χ2n) is 8.18. The Bertz CT molecular complexity index is 1070. The first-order valence-corrected chi connectivity index (χ1v) is 10.8. The van der Waals surface area contributed by atoms with Gasteiger partial charge in [-0.05, 0) is 42.5 Å². The van der Waals surface area contributed by atoms with E-state index >= 15 is 0 Å². The van der Waals surface area contributed by atoms with Crippen LogP contribution in [0.15, 0.2) is 48.8 Å². The quantitative estimate of drug-likeness (QED) is 0.612. The zero-order valence-electron chi connectivity index (χ0n) is 17.7. The Morgan fingerprint density at radius 2 is 2.03 bits per heavy atom. The van der Waals surface area contributed by atoms with Gasteiger partial charge in [-0.15, -0.1) is 0 Å². The summed E-state index contributed by atoms with van der Waals surface area (Å²) in [5, 5.41) is 4.44. The number of amides is 1. The first-order chi connectivity index (χ1) is 15.2. The van der Waals surface area contributed by atoms with Gasteiger partial charge in [-0.25, -0.2) is 4.98 Å². The average Bonchev–Trinajstić information content (AvgIpc) is 3.37. The lowest BCUT2D eigenvalue weighted by atomic mass is 10.1. The van der Waals surface area contributed by atoms with Crippen LogP contribution in [0.2, 0.25) is 0 Å². The first kappa shape index (κ1) is 19.8. The number of aryl methyl sites for hydroxylation is 1. The minimum Gasteiger partial charge on any atom is -0.474 e. The van der Waals surface area contributed by atoms with Crippen molar-refractivity contribution in [3.05, 3.63) is 65.5 Å². The molecule has 3 aromatic rings. The molecule has 5 rings (SSSR count). The smallest absolute Gasteiger partial charge is 0.260 e. The van der Waals surface area contributed by atoms with Gasteiger partial charge in [-0.2, -0.15) is 5.10 Å². The number of nitrogens with zero attached hydrogens (tertiary/aromatic N) is 4. The van der Waals surface area contributed by atoms with E-state index < -0.39 is 0 Å². The van der Waals surface area contributed by atoms with Crippen molar-refractivity contribution < 1.29 is 14.3 Å². The highest BCUT2D eigenvalue weighted by molar-refractivity contribution is 6.00. The molecule has 1 saturated heterocycles. The number of hydrogen-bond acceptors (Lipinski definition) is 5. The summed E-state index contributed by atoms with van der Waals surface area (Å²) in [7, 11) is 1.91. The number of ether oxygens (including phenoxy) is 2. The van der Waals surface area contributed by atoms with E-state index in [-0.39, 0.29) is 12.0 Å². The van der Waals surface area contributed by atoms with Crippen molar-refractivity contribution in [3.8, 4) is 17.1 Å². The fourth-order valence-corrected chi connectivity index (χ4v) is 4.19. The van der Waals surface area contributed by atoms with Gasteiger partial charge < -0.3 is 14.4 Å². The van der Waals surface area contributed by atoms with E-state index in [0.29, 0.717) is 31.1 Å². The van der Waals surface area contributed by atoms with Crippen LogP contribution >= 0.6 is 0 Å². The van der Waals surface area contributed by atoms with E-state index in [1.165, 1.54) is 0 Å². The molecule has 0 spiro atoms. The van der Waals surface area contributed by atoms with Crippen LogP contribution in [0.3, 0.4) is 0 Å². The van der Waals surface area contributed by atoms with Gasteiger partial charge in [-0.1, -0.05) is 24.3 Å². The van der Waals surface area contributed by atoms with Gasteiger partial charge in [0.25, 0.3) is 5.91 Å². The van der Waals surface area contributed by atoms with Gasteiger partial charge in [0.15, 0.2) is 0 Å². The number of fused-ring (bicyclic) bond motifs is 1. The molecular weight excluding hydrogens is 392 g/mol. The van der Waals surface area contributed by atoms with Crippen molar-refractivity contribution in [1.29, 1.82) is 0 Å². The van der Waals surface area contributed by atoms with Crippen molar-refractivity contribution in [1.82, 2.24) is 19.7 Å². The van der Waals surface area contributed by atoms with Crippen LogP contribution in [0.25, 0.3) is 11.3 Å². The second kappa shape index (κ2) is 8.51. The summed E-state index contributed by atoms with van der Waals surface area (Å²) in [4.78, 5) is 19.3. The molecule has 2 aliphatic heterocycles. The Balaban J connectivity index is 1.26. The van der Waals surface area contributed by atoms with Crippen LogP contribution in [0.4, 0.5) is 0 Å². The highest BCUT2D eigenvalue weighted by Gasteiger charge is 2.32. The normalized spacial score (nSPS) is 18.3. The van der Waals surface area contributed by atoms with Crippen LogP contribution in [0, 0.1) is 0 Å². The molecule has 160 valence electrons. The Kier molecular flexibility index (Phi) is 5.42. The highest BCUT2D eigenvalue weighted by Crippen LogP contribution is 2.31. The summed E-state index contributed by atoms with van der Waals surface area (Å²) in [6, 6.07) is 12.1. The molecular formula is C24H26N4O3. The monoisotopic (exact) mass is 418 g/mol. The molecule has 7 nitrogen and oxygen atoms in total. The van der Waals surface area contributed by atoms with Crippen LogP contribution in [-0.4, -0.2) is 44.9 Å². The van der Waals surface area contributed by atoms with Crippen molar-refractivity contribution in [2.24, 2.45) is 7.05 Å². The van der Waals surface area contributed by atoms with Crippen LogP contribution < -0.4 is 4.74 Å². The third-order valence-electron chi connectivity index (χ3n) is 5.88. The SMILES string of the molecule is Cn1ccc(-c2ccc(CN3Cc4ccnc(OCC5CCCCO5)c4C3=O)cc2)n1. The van der Waals surface area contributed by atoms with E-state index in [4.69, 9.17) is 9.47 Å². The summed E-state index contributed by atoms with van der Waals surface area (Å²) < 4.78 is 13.5. The van der Waals surface area contributed by atoms with Crippen LogP contribution in [-0.2, 0) is 24.9 Å². The maximum atomic E-state index is 13.1. The van der Waals surface area contributed by atoms with Crippen molar-refractivity contribution in [2.45, 2.75) is 38.5 Å². The first-order valence-electron chi connectivity index (χ1n) is 10.8. The van der Waals surface area contributed by atoms with Crippen molar-refractivity contribution in [2.75, 3.05) is 13.2 Å². The van der Waals surface area contributed by atoms with Crippen molar-refractivity contribution >= 4 is 5.91 Å². The summed E-state index contributed by atoms with van der Waals surface area (Å²) in [6.07, 6.45) is 6.97. The Hall–Kier alpha value is -3.19. The number of rotatable bonds is 6. The Morgan fingerprint density at radius 1 is 1.16 bits per heavy atom. The van der Waals surface area contributed by atoms with Gasteiger partial charge in [0, 0.05) is 44.7 Å². The summed E-state index contributed by atoms with van der Waals surface area (Å²) in [5.41, 5.74) is 4.62. The maximum absolute atomic E-state index is 13.1. The molecule has 7 heteroatoms. The van der Waals surface area contributed by atoms with Gasteiger partial charge in [0.05, 0.1) is 11.8 Å². The molecule has 2 aromatic heterocycles. The lowest BCUT2D eigenvalue weighted by Gasteiger charge is -2.22. The zero-order chi connectivity index (χ0) is 21.2. The van der Waals surface area contributed by atoms with Crippen LogP contribution in [0.5, 0.6) is 5.88 Å². The number of pyridine rings is 1. The molecule has 1 atom stereocenters. The topological polar surface area (TPSA) is 69.5 Å². The molecule has 0 N–H and O–H groups in total. The molecule has 4 heterocycles.